The van der Waals surface area contributed by atoms with Crippen LogP contribution in [0, 0.1) is 0 Å². The minimum Gasteiger partial charge on any atom is -0.440 e. The third-order valence-corrected chi connectivity index (χ3v) is 2.76. The zero-order valence-corrected chi connectivity index (χ0v) is 9.06. The quantitative estimate of drug-likeness (QED) is 0.786. The van der Waals surface area contributed by atoms with E-state index in [1.54, 1.807) is 6.08 Å². The number of benzene rings is 1. The summed E-state index contributed by atoms with van der Waals surface area (Å²) >= 11 is 0. The molecule has 1 N–H and O–H groups in total. The van der Waals surface area contributed by atoms with Crippen molar-refractivity contribution in [3.63, 3.8) is 0 Å². The molecule has 0 unspecified atom stereocenters. The van der Waals surface area contributed by atoms with Crippen LogP contribution in [0.25, 0.3) is 0 Å². The number of rotatable bonds is 4. The molecule has 16 heavy (non-hydrogen) atoms. The van der Waals surface area contributed by atoms with Crippen molar-refractivity contribution in [2.75, 3.05) is 0 Å². The van der Waals surface area contributed by atoms with Gasteiger partial charge in [0.05, 0.1) is 6.04 Å². The van der Waals surface area contributed by atoms with Gasteiger partial charge in [0.2, 0.25) is 0 Å². The molecule has 0 aromatic heterocycles. The minimum atomic E-state index is -0.344. The number of carbonyl (C=O) groups excluding carboxylic acids is 1. The lowest BCUT2D eigenvalue weighted by molar-refractivity contribution is 0.152. The molecule has 84 valence electrons. The van der Waals surface area contributed by atoms with Gasteiger partial charge >= 0.3 is 6.09 Å². The van der Waals surface area contributed by atoms with Gasteiger partial charge in [-0.25, -0.2) is 4.79 Å². The Morgan fingerprint density at radius 3 is 2.81 bits per heavy atom. The van der Waals surface area contributed by atoms with Crippen LogP contribution in [-0.4, -0.2) is 18.2 Å². The number of aryl methyl sites for hydroxylation is 1. The van der Waals surface area contributed by atoms with Crippen molar-refractivity contribution >= 4 is 6.09 Å². The molecule has 3 nitrogen and oxygen atoms in total. The third kappa shape index (κ3) is 2.42. The number of amides is 1. The molecule has 0 aliphatic carbocycles. The zero-order chi connectivity index (χ0) is 11.4. The van der Waals surface area contributed by atoms with Gasteiger partial charge in [0, 0.05) is 0 Å². The number of carbonyl (C=O) groups is 1. The number of hydrogen-bond donors (Lipinski definition) is 1. The highest BCUT2D eigenvalue weighted by Gasteiger charge is 2.30. The first-order valence-corrected chi connectivity index (χ1v) is 5.43. The highest BCUT2D eigenvalue weighted by molar-refractivity contribution is 5.70. The topological polar surface area (TPSA) is 38.3 Å². The first-order chi connectivity index (χ1) is 7.79. The van der Waals surface area contributed by atoms with Crippen LogP contribution < -0.4 is 5.32 Å². The molecule has 0 radical (unpaired) electrons. The number of alkyl carbamates (subject to hydrolysis) is 1. The van der Waals surface area contributed by atoms with Gasteiger partial charge in [-0.05, 0) is 24.5 Å². The summed E-state index contributed by atoms with van der Waals surface area (Å²) in [7, 11) is 0. The van der Waals surface area contributed by atoms with Gasteiger partial charge in [0.1, 0.15) is 6.10 Å². The first-order valence-electron chi connectivity index (χ1n) is 5.43. The van der Waals surface area contributed by atoms with E-state index >= 15 is 0 Å². The van der Waals surface area contributed by atoms with Crippen LogP contribution in [0.1, 0.15) is 12.0 Å². The molecule has 1 amide bonds. The smallest absolute Gasteiger partial charge is 0.408 e. The van der Waals surface area contributed by atoms with Crippen molar-refractivity contribution in [1.82, 2.24) is 5.32 Å². The lowest BCUT2D eigenvalue weighted by Crippen LogP contribution is -2.30. The second-order valence-electron chi connectivity index (χ2n) is 3.88. The molecule has 1 aromatic rings. The highest BCUT2D eigenvalue weighted by Crippen LogP contribution is 2.15. The maximum Gasteiger partial charge on any atom is 0.408 e. The largest absolute Gasteiger partial charge is 0.440 e. The second kappa shape index (κ2) is 4.84. The van der Waals surface area contributed by atoms with Crippen molar-refractivity contribution in [2.24, 2.45) is 0 Å². The van der Waals surface area contributed by atoms with Crippen LogP contribution in [0.15, 0.2) is 43.0 Å². The van der Waals surface area contributed by atoms with E-state index in [-0.39, 0.29) is 18.2 Å². The van der Waals surface area contributed by atoms with E-state index in [0.717, 1.165) is 12.8 Å². The van der Waals surface area contributed by atoms with Gasteiger partial charge in [-0.1, -0.05) is 36.9 Å². The van der Waals surface area contributed by atoms with Crippen molar-refractivity contribution in [1.29, 1.82) is 0 Å². The molecule has 1 aliphatic heterocycles. The fourth-order valence-electron chi connectivity index (χ4n) is 1.89. The Labute approximate surface area is 95.1 Å². The molecule has 1 saturated heterocycles. The molecule has 0 saturated carbocycles. The van der Waals surface area contributed by atoms with Crippen LogP contribution in [-0.2, 0) is 11.2 Å². The first kappa shape index (κ1) is 10.7. The highest BCUT2D eigenvalue weighted by atomic mass is 16.6. The molecule has 3 heteroatoms. The molecule has 2 rings (SSSR count). The standard InChI is InChI=1S/C13H15NO2/c1-2-12-11(14-13(15)16-12)9-8-10-6-4-3-5-7-10/h2-7,11-12H,1,8-9H2,(H,14,15)/t11-,12+/m1/s1. The van der Waals surface area contributed by atoms with Gasteiger partial charge < -0.3 is 10.1 Å². The van der Waals surface area contributed by atoms with Crippen molar-refractivity contribution in [3.8, 4) is 0 Å². The Balaban J connectivity index is 1.90. The van der Waals surface area contributed by atoms with E-state index in [1.165, 1.54) is 5.56 Å². The summed E-state index contributed by atoms with van der Waals surface area (Å²) in [6.45, 7) is 3.67. The molecular formula is C13H15NO2. The predicted molar refractivity (Wildman–Crippen MR) is 62.2 cm³/mol. The van der Waals surface area contributed by atoms with E-state index < -0.39 is 0 Å². The average Bonchev–Trinajstić information content (AvgIpc) is 2.68. The van der Waals surface area contributed by atoms with Gasteiger partial charge in [-0.3, -0.25) is 0 Å². The summed E-state index contributed by atoms with van der Waals surface area (Å²) in [5.41, 5.74) is 1.27. The van der Waals surface area contributed by atoms with Gasteiger partial charge in [0.15, 0.2) is 0 Å². The Kier molecular flexibility index (Phi) is 3.25. The number of nitrogens with one attached hydrogen (secondary N) is 1. The summed E-state index contributed by atoms with van der Waals surface area (Å²) < 4.78 is 5.04. The maximum atomic E-state index is 11.1. The van der Waals surface area contributed by atoms with Crippen LogP contribution in [0.3, 0.4) is 0 Å². The fourth-order valence-corrected chi connectivity index (χ4v) is 1.89. The van der Waals surface area contributed by atoms with E-state index in [9.17, 15) is 4.79 Å². The van der Waals surface area contributed by atoms with Crippen molar-refractivity contribution < 1.29 is 9.53 Å². The summed E-state index contributed by atoms with van der Waals surface area (Å²) in [5.74, 6) is 0. The molecular weight excluding hydrogens is 202 g/mol. The van der Waals surface area contributed by atoms with E-state index in [2.05, 4.69) is 24.0 Å². The van der Waals surface area contributed by atoms with Crippen LogP contribution in [0.4, 0.5) is 4.79 Å². The Bertz CT molecular complexity index is 375. The van der Waals surface area contributed by atoms with Crippen LogP contribution in [0.5, 0.6) is 0 Å². The Morgan fingerprint density at radius 1 is 1.38 bits per heavy atom. The summed E-state index contributed by atoms with van der Waals surface area (Å²) in [5, 5.41) is 2.79. The van der Waals surface area contributed by atoms with Crippen LogP contribution >= 0.6 is 0 Å². The van der Waals surface area contributed by atoms with E-state index in [1.807, 2.05) is 18.2 Å². The molecule has 1 heterocycles. The van der Waals surface area contributed by atoms with Gasteiger partial charge in [-0.2, -0.15) is 0 Å². The molecule has 2 atom stereocenters. The monoisotopic (exact) mass is 217 g/mol. The average molecular weight is 217 g/mol. The maximum absolute atomic E-state index is 11.1. The number of ether oxygens (including phenoxy) is 1. The Hall–Kier alpha value is -1.77. The second-order valence-corrected chi connectivity index (χ2v) is 3.88. The van der Waals surface area contributed by atoms with E-state index in [4.69, 9.17) is 4.74 Å². The summed E-state index contributed by atoms with van der Waals surface area (Å²) in [6, 6.07) is 10.2. The normalized spacial score (nSPS) is 23.6. The Morgan fingerprint density at radius 2 is 2.12 bits per heavy atom. The molecule has 0 bridgehead atoms. The van der Waals surface area contributed by atoms with E-state index in [0.29, 0.717) is 0 Å². The summed E-state index contributed by atoms with van der Waals surface area (Å²) in [4.78, 5) is 11.1. The lowest BCUT2D eigenvalue weighted by Gasteiger charge is -2.12. The van der Waals surface area contributed by atoms with Gasteiger partial charge in [-0.15, -0.1) is 0 Å². The van der Waals surface area contributed by atoms with Gasteiger partial charge in [0.25, 0.3) is 0 Å². The lowest BCUT2D eigenvalue weighted by atomic mass is 10.0. The summed E-state index contributed by atoms with van der Waals surface area (Å²) in [6.07, 6.45) is 2.93. The molecule has 0 spiro atoms. The fraction of sp³-hybridized carbons (Fsp3) is 0.308. The molecule has 1 fully saturated rings. The molecule has 1 aromatic carbocycles. The minimum absolute atomic E-state index is 0.0465. The van der Waals surface area contributed by atoms with Crippen molar-refractivity contribution in [2.45, 2.75) is 25.0 Å². The third-order valence-electron chi connectivity index (χ3n) is 2.76. The van der Waals surface area contributed by atoms with Crippen molar-refractivity contribution in [3.05, 3.63) is 48.6 Å². The zero-order valence-electron chi connectivity index (χ0n) is 9.06. The van der Waals surface area contributed by atoms with Crippen LogP contribution in [0.2, 0.25) is 0 Å². The number of hydrogen-bond acceptors (Lipinski definition) is 2. The molecule has 1 aliphatic rings. The SMILES string of the molecule is C=C[C@@H]1OC(=O)N[C@@H]1CCc1ccccc1. The predicted octanol–water partition coefficient (Wildman–Crippen LogP) is 2.28. The number of cyclic esters (lactones) is 1.